The van der Waals surface area contributed by atoms with E-state index >= 15 is 0 Å². The molecule has 60 valence electrons. The fourth-order valence-electron chi connectivity index (χ4n) is 0.415. The molecule has 0 unspecified atom stereocenters. The van der Waals surface area contributed by atoms with E-state index in [-0.39, 0.29) is 0 Å². The van der Waals surface area contributed by atoms with Crippen LogP contribution in [0.25, 0.3) is 0 Å². The Kier molecular flexibility index (Phi) is 5.82. The Labute approximate surface area is 59.6 Å². The largest absolute Gasteiger partial charge is 0.450 e. The molecule has 0 rings (SSSR count). The first-order chi connectivity index (χ1) is 4.81. The summed E-state index contributed by atoms with van der Waals surface area (Å²) < 4.78 is 15.9. The average molecular weight is 149 g/mol. The molecule has 10 heavy (non-hydrogen) atoms. The van der Waals surface area contributed by atoms with Gasteiger partial charge in [0.2, 0.25) is 0 Å². The van der Waals surface area contributed by atoms with E-state index < -0.39 is 12.9 Å². The lowest BCUT2D eigenvalue weighted by Crippen LogP contribution is -2.23. The van der Waals surface area contributed by atoms with Crippen LogP contribution in [0.1, 0.15) is 19.8 Å². The van der Waals surface area contributed by atoms with Crippen LogP contribution in [0.5, 0.6) is 0 Å². The first kappa shape index (κ1) is 9.20. The van der Waals surface area contributed by atoms with Crippen molar-refractivity contribution in [2.45, 2.75) is 19.8 Å². The molecule has 3 nitrogen and oxygen atoms in total. The zero-order valence-corrected chi connectivity index (χ0v) is 6.02. The second-order valence-electron chi connectivity index (χ2n) is 1.80. The summed E-state index contributed by atoms with van der Waals surface area (Å²) in [7, 11) is 0. The molecule has 0 saturated heterocycles. The Bertz CT molecular complexity index is 97.7. The van der Waals surface area contributed by atoms with Crippen molar-refractivity contribution in [1.29, 1.82) is 0 Å². The van der Waals surface area contributed by atoms with Gasteiger partial charge in [-0.15, -0.1) is 0 Å². The highest BCUT2D eigenvalue weighted by molar-refractivity contribution is 5.66. The zero-order chi connectivity index (χ0) is 7.82. The van der Waals surface area contributed by atoms with Gasteiger partial charge >= 0.3 is 6.09 Å². The Hall–Kier alpha value is -0.800. The number of nitrogens with one attached hydrogen (secondary N) is 1. The minimum Gasteiger partial charge on any atom is -0.450 e. The molecule has 0 aliphatic rings. The van der Waals surface area contributed by atoms with Crippen LogP contribution in [-0.2, 0) is 4.74 Å². The maximum absolute atomic E-state index is 11.3. The van der Waals surface area contributed by atoms with E-state index in [0.717, 1.165) is 12.8 Å². The summed E-state index contributed by atoms with van der Waals surface area (Å²) in [6, 6.07) is 0. The number of carbonyl (C=O) groups is 1. The quantitative estimate of drug-likeness (QED) is 0.485. The molecule has 0 atom stereocenters. The lowest BCUT2D eigenvalue weighted by Gasteiger charge is -2.01. The Morgan fingerprint density at radius 2 is 2.40 bits per heavy atom. The SMILES string of the molecule is CCCCOC(=O)NCF. The van der Waals surface area contributed by atoms with E-state index in [2.05, 4.69) is 4.74 Å². The van der Waals surface area contributed by atoms with Gasteiger partial charge in [-0.05, 0) is 6.42 Å². The summed E-state index contributed by atoms with van der Waals surface area (Å²) >= 11 is 0. The highest BCUT2D eigenvalue weighted by Crippen LogP contribution is 1.87. The van der Waals surface area contributed by atoms with Crippen LogP contribution in [0.2, 0.25) is 0 Å². The van der Waals surface area contributed by atoms with E-state index in [1.165, 1.54) is 0 Å². The van der Waals surface area contributed by atoms with Crippen LogP contribution in [0.15, 0.2) is 0 Å². The number of hydrogen-bond acceptors (Lipinski definition) is 2. The number of alkyl carbamates (subject to hydrolysis) is 1. The maximum Gasteiger partial charge on any atom is 0.409 e. The second-order valence-corrected chi connectivity index (χ2v) is 1.80. The Morgan fingerprint density at radius 3 is 2.90 bits per heavy atom. The normalized spacial score (nSPS) is 9.00. The van der Waals surface area contributed by atoms with Crippen molar-refractivity contribution in [2.24, 2.45) is 0 Å². The van der Waals surface area contributed by atoms with E-state index in [0.29, 0.717) is 6.61 Å². The summed E-state index contributed by atoms with van der Waals surface area (Å²) in [5.41, 5.74) is 0. The molecular formula is C6H12FNO2. The van der Waals surface area contributed by atoms with Crippen molar-refractivity contribution in [1.82, 2.24) is 5.32 Å². The third-order valence-corrected chi connectivity index (χ3v) is 0.942. The molecule has 0 aromatic rings. The smallest absolute Gasteiger partial charge is 0.409 e. The van der Waals surface area contributed by atoms with E-state index in [4.69, 9.17) is 0 Å². The van der Waals surface area contributed by atoms with Gasteiger partial charge in [0.05, 0.1) is 6.61 Å². The molecule has 0 aromatic carbocycles. The molecule has 0 aromatic heterocycles. The molecular weight excluding hydrogens is 137 g/mol. The number of carbonyl (C=O) groups excluding carboxylic acids is 1. The van der Waals surface area contributed by atoms with Crippen molar-refractivity contribution < 1.29 is 13.9 Å². The fraction of sp³-hybridized carbons (Fsp3) is 0.833. The predicted molar refractivity (Wildman–Crippen MR) is 35.4 cm³/mol. The van der Waals surface area contributed by atoms with E-state index in [9.17, 15) is 9.18 Å². The third-order valence-electron chi connectivity index (χ3n) is 0.942. The van der Waals surface area contributed by atoms with Crippen molar-refractivity contribution in [3.05, 3.63) is 0 Å². The van der Waals surface area contributed by atoms with Crippen LogP contribution in [0.4, 0.5) is 9.18 Å². The number of halogens is 1. The standard InChI is InChI=1S/C6H12FNO2/c1-2-3-4-10-6(9)8-5-7/h2-5H2,1H3,(H,8,9). The van der Waals surface area contributed by atoms with Gasteiger partial charge in [-0.3, -0.25) is 5.32 Å². The number of rotatable bonds is 4. The molecule has 0 saturated carbocycles. The van der Waals surface area contributed by atoms with Crippen molar-refractivity contribution >= 4 is 6.09 Å². The van der Waals surface area contributed by atoms with Crippen molar-refractivity contribution in [2.75, 3.05) is 13.4 Å². The highest BCUT2D eigenvalue weighted by Gasteiger charge is 1.97. The maximum atomic E-state index is 11.3. The van der Waals surface area contributed by atoms with Gasteiger partial charge in [0.1, 0.15) is 0 Å². The lowest BCUT2D eigenvalue weighted by molar-refractivity contribution is 0.140. The van der Waals surface area contributed by atoms with Gasteiger partial charge in [0, 0.05) is 0 Å². The third kappa shape index (κ3) is 5.34. The topological polar surface area (TPSA) is 38.3 Å². The van der Waals surface area contributed by atoms with Gasteiger partial charge in [-0.1, -0.05) is 13.3 Å². The van der Waals surface area contributed by atoms with Crippen LogP contribution in [-0.4, -0.2) is 19.5 Å². The highest BCUT2D eigenvalue weighted by atomic mass is 19.1. The molecule has 0 aliphatic carbocycles. The Balaban J connectivity index is 3.05. The minimum absolute atomic E-state index is 0.363. The molecule has 0 aliphatic heterocycles. The number of hydrogen-bond donors (Lipinski definition) is 1. The molecule has 0 bridgehead atoms. The first-order valence-electron chi connectivity index (χ1n) is 3.27. The summed E-state index contributed by atoms with van der Waals surface area (Å²) in [6.07, 6.45) is 1.10. The molecule has 1 N–H and O–H groups in total. The zero-order valence-electron chi connectivity index (χ0n) is 6.02. The minimum atomic E-state index is -0.870. The first-order valence-corrected chi connectivity index (χ1v) is 3.27. The van der Waals surface area contributed by atoms with Gasteiger partial charge < -0.3 is 4.74 Å². The average Bonchev–Trinajstić information content (AvgIpc) is 1.89. The van der Waals surface area contributed by atoms with Gasteiger partial charge in [0.25, 0.3) is 0 Å². The summed E-state index contributed by atoms with van der Waals surface area (Å²) in [5, 5.41) is 1.88. The molecule has 4 heteroatoms. The van der Waals surface area contributed by atoms with E-state index in [1.54, 1.807) is 0 Å². The predicted octanol–water partition coefficient (Wildman–Crippen LogP) is 1.44. The summed E-state index contributed by atoms with van der Waals surface area (Å²) in [5.74, 6) is 0. The molecule has 0 radical (unpaired) electrons. The van der Waals surface area contributed by atoms with E-state index in [1.807, 2.05) is 12.2 Å². The number of amides is 1. The van der Waals surface area contributed by atoms with Crippen molar-refractivity contribution in [3.63, 3.8) is 0 Å². The molecule has 0 fully saturated rings. The summed E-state index contributed by atoms with van der Waals surface area (Å²) in [6.45, 7) is 1.48. The van der Waals surface area contributed by atoms with Crippen LogP contribution >= 0.6 is 0 Å². The van der Waals surface area contributed by atoms with Crippen LogP contribution in [0.3, 0.4) is 0 Å². The van der Waals surface area contributed by atoms with Gasteiger partial charge in [0.15, 0.2) is 6.80 Å². The van der Waals surface area contributed by atoms with Gasteiger partial charge in [-0.25, -0.2) is 9.18 Å². The number of alkyl halides is 1. The van der Waals surface area contributed by atoms with Crippen LogP contribution < -0.4 is 5.32 Å². The number of unbranched alkanes of at least 4 members (excludes halogenated alkanes) is 1. The molecule has 0 heterocycles. The molecule has 0 spiro atoms. The lowest BCUT2D eigenvalue weighted by atomic mass is 10.4. The van der Waals surface area contributed by atoms with Crippen LogP contribution in [0, 0.1) is 0 Å². The Morgan fingerprint density at radius 1 is 1.70 bits per heavy atom. The molecule has 1 amide bonds. The van der Waals surface area contributed by atoms with Crippen molar-refractivity contribution in [3.8, 4) is 0 Å². The number of ether oxygens (including phenoxy) is 1. The fourth-order valence-corrected chi connectivity index (χ4v) is 0.415. The van der Waals surface area contributed by atoms with Gasteiger partial charge in [-0.2, -0.15) is 0 Å². The monoisotopic (exact) mass is 149 g/mol. The second kappa shape index (κ2) is 6.32. The summed E-state index contributed by atoms with van der Waals surface area (Å²) in [4.78, 5) is 10.3.